The number of hydrogen-bond donors (Lipinski definition) is 2. The fraction of sp³-hybridized carbons (Fsp3) is 0.0714. The van der Waals surface area contributed by atoms with E-state index in [9.17, 15) is 13.6 Å². The fourth-order valence-corrected chi connectivity index (χ4v) is 2.59. The first-order valence-corrected chi connectivity index (χ1v) is 7.67. The molecule has 122 valence electrons. The zero-order valence-corrected chi connectivity index (χ0v) is 14.3. The molecule has 0 spiro atoms. The zero-order chi connectivity index (χ0) is 17.0. The van der Waals surface area contributed by atoms with Crippen molar-refractivity contribution in [2.75, 3.05) is 10.6 Å². The van der Waals surface area contributed by atoms with E-state index in [2.05, 4.69) is 31.3 Å². The van der Waals surface area contributed by atoms with E-state index in [0.717, 1.165) is 4.47 Å². The average Bonchev–Trinajstić information content (AvgIpc) is 2.44. The minimum Gasteiger partial charge on any atom is -0.433 e. The molecule has 0 bridgehead atoms. The lowest BCUT2D eigenvalue weighted by Crippen LogP contribution is -2.19. The third-order valence-corrected chi connectivity index (χ3v) is 3.69. The van der Waals surface area contributed by atoms with Crippen LogP contribution in [-0.2, 0) is 0 Å². The molecule has 23 heavy (non-hydrogen) atoms. The summed E-state index contributed by atoms with van der Waals surface area (Å²) in [4.78, 5) is 11.9. The maximum Gasteiger partial charge on any atom is 0.387 e. The van der Waals surface area contributed by atoms with E-state index in [1.165, 1.54) is 18.2 Å². The Morgan fingerprint density at radius 3 is 2.43 bits per heavy atom. The standard InChI is InChI=1S/C14H9BrCl2F2N2O2/c15-7-1-3-11(9(16)5-7)21-14(22)20-8-2-4-12(10(17)6-8)23-13(18)19/h1-6,13H,(H2,20,21,22). The van der Waals surface area contributed by atoms with Crippen molar-refractivity contribution in [3.8, 4) is 5.75 Å². The van der Waals surface area contributed by atoms with Gasteiger partial charge in [0, 0.05) is 10.2 Å². The van der Waals surface area contributed by atoms with Gasteiger partial charge in [-0.15, -0.1) is 0 Å². The van der Waals surface area contributed by atoms with Crippen molar-refractivity contribution in [1.29, 1.82) is 0 Å². The summed E-state index contributed by atoms with van der Waals surface area (Å²) in [5, 5.41) is 5.36. The van der Waals surface area contributed by atoms with Crippen molar-refractivity contribution in [3.05, 3.63) is 50.9 Å². The number of urea groups is 1. The van der Waals surface area contributed by atoms with Crippen LogP contribution >= 0.6 is 39.1 Å². The van der Waals surface area contributed by atoms with Gasteiger partial charge in [0.25, 0.3) is 0 Å². The molecule has 0 fully saturated rings. The first-order valence-electron chi connectivity index (χ1n) is 6.12. The first-order chi connectivity index (χ1) is 10.8. The Balaban J connectivity index is 2.04. The summed E-state index contributed by atoms with van der Waals surface area (Å²) in [7, 11) is 0. The number of rotatable bonds is 4. The molecule has 2 aromatic carbocycles. The number of benzene rings is 2. The van der Waals surface area contributed by atoms with Crippen molar-refractivity contribution in [2.24, 2.45) is 0 Å². The van der Waals surface area contributed by atoms with Crippen molar-refractivity contribution in [2.45, 2.75) is 6.61 Å². The largest absolute Gasteiger partial charge is 0.433 e. The van der Waals surface area contributed by atoms with Gasteiger partial charge in [0.1, 0.15) is 5.75 Å². The van der Waals surface area contributed by atoms with E-state index >= 15 is 0 Å². The Morgan fingerprint density at radius 2 is 1.83 bits per heavy atom. The lowest BCUT2D eigenvalue weighted by atomic mass is 10.3. The molecular weight excluding hydrogens is 417 g/mol. The Kier molecular flexibility index (Phi) is 6.04. The molecule has 2 aromatic rings. The number of amides is 2. The molecule has 9 heteroatoms. The highest BCUT2D eigenvalue weighted by Crippen LogP contribution is 2.29. The summed E-state index contributed by atoms with van der Waals surface area (Å²) in [6.45, 7) is -2.98. The number of ether oxygens (including phenoxy) is 1. The molecule has 2 N–H and O–H groups in total. The van der Waals surface area contributed by atoms with Crippen molar-refractivity contribution < 1.29 is 18.3 Å². The van der Waals surface area contributed by atoms with Crippen LogP contribution in [0.1, 0.15) is 0 Å². The zero-order valence-electron chi connectivity index (χ0n) is 11.2. The summed E-state index contributed by atoms with van der Waals surface area (Å²) in [6, 6.07) is 8.32. The quantitative estimate of drug-likeness (QED) is 0.630. The number of alkyl halides is 2. The molecule has 0 saturated heterocycles. The predicted octanol–water partition coefficient (Wildman–Crippen LogP) is 6.00. The SMILES string of the molecule is O=C(Nc1ccc(OC(F)F)c(Cl)c1)Nc1ccc(Br)cc1Cl. The minimum atomic E-state index is -2.98. The van der Waals surface area contributed by atoms with E-state index < -0.39 is 12.6 Å². The molecule has 2 amide bonds. The predicted molar refractivity (Wildman–Crippen MR) is 89.9 cm³/mol. The van der Waals surface area contributed by atoms with E-state index in [-0.39, 0.29) is 10.8 Å². The van der Waals surface area contributed by atoms with Crippen LogP contribution in [0.15, 0.2) is 40.9 Å². The van der Waals surface area contributed by atoms with Crippen LogP contribution in [0.5, 0.6) is 5.75 Å². The maximum absolute atomic E-state index is 12.1. The van der Waals surface area contributed by atoms with Crippen molar-refractivity contribution in [3.63, 3.8) is 0 Å². The van der Waals surface area contributed by atoms with Gasteiger partial charge in [0.05, 0.1) is 15.7 Å². The molecule has 2 rings (SSSR count). The molecule has 0 radical (unpaired) electrons. The normalized spacial score (nSPS) is 10.5. The smallest absolute Gasteiger partial charge is 0.387 e. The molecule has 0 aromatic heterocycles. The van der Waals surface area contributed by atoms with Crippen LogP contribution < -0.4 is 15.4 Å². The summed E-state index contributed by atoms with van der Waals surface area (Å²) in [6.07, 6.45) is 0. The van der Waals surface area contributed by atoms with Crippen LogP contribution in [-0.4, -0.2) is 12.6 Å². The Labute approximate surface area is 148 Å². The number of carbonyl (C=O) groups excluding carboxylic acids is 1. The second kappa shape index (κ2) is 7.81. The fourth-order valence-electron chi connectivity index (χ4n) is 1.65. The van der Waals surface area contributed by atoms with Gasteiger partial charge in [-0.1, -0.05) is 39.1 Å². The average molecular weight is 426 g/mol. The highest BCUT2D eigenvalue weighted by molar-refractivity contribution is 9.10. The molecule has 0 saturated carbocycles. The highest BCUT2D eigenvalue weighted by Gasteiger charge is 2.11. The van der Waals surface area contributed by atoms with E-state index in [4.69, 9.17) is 23.2 Å². The molecule has 0 aliphatic rings. The third kappa shape index (κ3) is 5.23. The lowest BCUT2D eigenvalue weighted by Gasteiger charge is -2.11. The first kappa shape index (κ1) is 17.8. The number of halogens is 5. The summed E-state index contributed by atoms with van der Waals surface area (Å²) >= 11 is 15.0. The topological polar surface area (TPSA) is 50.4 Å². The van der Waals surface area contributed by atoms with Gasteiger partial charge in [-0.05, 0) is 36.4 Å². The lowest BCUT2D eigenvalue weighted by molar-refractivity contribution is -0.0497. The number of nitrogens with one attached hydrogen (secondary N) is 2. The van der Waals surface area contributed by atoms with Crippen LogP contribution in [0.2, 0.25) is 10.0 Å². The van der Waals surface area contributed by atoms with E-state index in [0.29, 0.717) is 16.4 Å². The van der Waals surface area contributed by atoms with Gasteiger partial charge in [0.2, 0.25) is 0 Å². The number of carbonyl (C=O) groups is 1. The van der Waals surface area contributed by atoms with Gasteiger partial charge < -0.3 is 15.4 Å². The van der Waals surface area contributed by atoms with E-state index in [1.807, 2.05) is 0 Å². The number of anilines is 2. The molecule has 0 atom stereocenters. The molecular formula is C14H9BrCl2F2N2O2. The van der Waals surface area contributed by atoms with Crippen LogP contribution in [0.4, 0.5) is 25.0 Å². The van der Waals surface area contributed by atoms with Crippen LogP contribution in [0.3, 0.4) is 0 Å². The molecule has 0 unspecified atom stereocenters. The van der Waals surface area contributed by atoms with E-state index in [1.54, 1.807) is 18.2 Å². The van der Waals surface area contributed by atoms with Gasteiger partial charge in [-0.2, -0.15) is 8.78 Å². The van der Waals surface area contributed by atoms with Crippen LogP contribution in [0.25, 0.3) is 0 Å². The second-order valence-corrected chi connectivity index (χ2v) is 5.96. The van der Waals surface area contributed by atoms with Gasteiger partial charge in [-0.3, -0.25) is 0 Å². The van der Waals surface area contributed by atoms with Crippen molar-refractivity contribution >= 4 is 56.5 Å². The third-order valence-electron chi connectivity index (χ3n) is 2.59. The molecule has 0 aliphatic carbocycles. The molecule has 0 heterocycles. The minimum absolute atomic E-state index is 0.0511. The Hall–Kier alpha value is -1.57. The summed E-state index contributed by atoms with van der Waals surface area (Å²) in [5.74, 6) is -0.177. The van der Waals surface area contributed by atoms with Crippen LogP contribution in [0, 0.1) is 0 Å². The summed E-state index contributed by atoms with van der Waals surface area (Å²) in [5.41, 5.74) is 0.721. The van der Waals surface area contributed by atoms with Gasteiger partial charge >= 0.3 is 12.6 Å². The second-order valence-electron chi connectivity index (χ2n) is 4.23. The molecule has 0 aliphatic heterocycles. The maximum atomic E-state index is 12.1. The monoisotopic (exact) mass is 424 g/mol. The van der Waals surface area contributed by atoms with Gasteiger partial charge in [-0.25, -0.2) is 4.79 Å². The Bertz CT molecular complexity index is 732. The summed E-state index contributed by atoms with van der Waals surface area (Å²) < 4.78 is 29.3. The van der Waals surface area contributed by atoms with Gasteiger partial charge in [0.15, 0.2) is 0 Å². The Morgan fingerprint density at radius 1 is 1.09 bits per heavy atom. The molecule has 4 nitrogen and oxygen atoms in total. The number of hydrogen-bond acceptors (Lipinski definition) is 2. The van der Waals surface area contributed by atoms with Crippen molar-refractivity contribution in [1.82, 2.24) is 0 Å². The highest BCUT2D eigenvalue weighted by atomic mass is 79.9.